The molecule has 2 N–H and O–H groups in total. The first-order chi connectivity index (χ1) is 7.91. The second kappa shape index (κ2) is 6.20. The minimum absolute atomic E-state index is 0.113. The molecule has 1 aliphatic rings. The van der Waals surface area contributed by atoms with E-state index < -0.39 is 0 Å². The van der Waals surface area contributed by atoms with Crippen molar-refractivity contribution in [2.75, 3.05) is 6.54 Å². The van der Waals surface area contributed by atoms with E-state index in [1.165, 1.54) is 0 Å². The number of carbonyl (C=O) groups is 1. The van der Waals surface area contributed by atoms with Gasteiger partial charge < -0.3 is 10.4 Å². The van der Waals surface area contributed by atoms with Crippen LogP contribution >= 0.6 is 0 Å². The lowest BCUT2D eigenvalue weighted by Gasteiger charge is -2.26. The summed E-state index contributed by atoms with van der Waals surface area (Å²) in [5.41, 5.74) is -0.113. The van der Waals surface area contributed by atoms with Crippen LogP contribution < -0.4 is 5.32 Å². The Balaban J connectivity index is 2.22. The van der Waals surface area contributed by atoms with Crippen molar-refractivity contribution in [3.8, 4) is 0 Å². The Morgan fingerprint density at radius 3 is 2.71 bits per heavy atom. The molecule has 0 unspecified atom stereocenters. The molecule has 0 radical (unpaired) electrons. The van der Waals surface area contributed by atoms with Crippen LogP contribution in [0, 0.1) is 11.3 Å². The van der Waals surface area contributed by atoms with Gasteiger partial charge in [-0.25, -0.2) is 0 Å². The Morgan fingerprint density at radius 1 is 1.47 bits per heavy atom. The molecule has 0 aromatic heterocycles. The van der Waals surface area contributed by atoms with Crippen LogP contribution in [0.1, 0.15) is 46.5 Å². The third kappa shape index (κ3) is 4.90. The van der Waals surface area contributed by atoms with Crippen LogP contribution in [0.15, 0.2) is 12.2 Å². The summed E-state index contributed by atoms with van der Waals surface area (Å²) < 4.78 is 0. The first-order valence-electron chi connectivity index (χ1n) is 6.52. The van der Waals surface area contributed by atoms with Gasteiger partial charge in [-0.1, -0.05) is 32.9 Å². The minimum atomic E-state index is -0.367. The maximum Gasteiger partial charge on any atom is 0.223 e. The SMILES string of the molecule is CC(C)(C)[C@@H](O)CCNC(=O)[C@H]1CC=CCC1. The third-order valence-electron chi connectivity index (χ3n) is 3.36. The van der Waals surface area contributed by atoms with Gasteiger partial charge in [0.25, 0.3) is 0 Å². The molecule has 0 heterocycles. The average Bonchev–Trinajstić information content (AvgIpc) is 2.28. The number of nitrogens with one attached hydrogen (secondary N) is 1. The molecule has 0 aromatic carbocycles. The van der Waals surface area contributed by atoms with Crippen LogP contribution in [0.4, 0.5) is 0 Å². The molecule has 0 saturated carbocycles. The van der Waals surface area contributed by atoms with Gasteiger partial charge in [0, 0.05) is 12.5 Å². The number of amides is 1. The lowest BCUT2D eigenvalue weighted by atomic mass is 9.87. The summed E-state index contributed by atoms with van der Waals surface area (Å²) in [5.74, 6) is 0.266. The molecule has 1 amide bonds. The van der Waals surface area contributed by atoms with E-state index in [4.69, 9.17) is 0 Å². The van der Waals surface area contributed by atoms with Crippen molar-refractivity contribution in [1.82, 2.24) is 5.32 Å². The van der Waals surface area contributed by atoms with E-state index in [-0.39, 0.29) is 23.3 Å². The fourth-order valence-corrected chi connectivity index (χ4v) is 1.94. The highest BCUT2D eigenvalue weighted by atomic mass is 16.3. The van der Waals surface area contributed by atoms with Crippen molar-refractivity contribution in [3.63, 3.8) is 0 Å². The fraction of sp³-hybridized carbons (Fsp3) is 0.786. The molecule has 17 heavy (non-hydrogen) atoms. The van der Waals surface area contributed by atoms with E-state index in [0.717, 1.165) is 19.3 Å². The summed E-state index contributed by atoms with van der Waals surface area (Å²) in [5, 5.41) is 12.8. The van der Waals surface area contributed by atoms with Crippen molar-refractivity contribution >= 4 is 5.91 Å². The maximum absolute atomic E-state index is 11.8. The van der Waals surface area contributed by atoms with Gasteiger partial charge in [-0.3, -0.25) is 4.79 Å². The molecule has 98 valence electrons. The normalized spacial score (nSPS) is 22.2. The molecular weight excluding hydrogens is 214 g/mol. The Morgan fingerprint density at radius 2 is 2.18 bits per heavy atom. The second-order valence-electron chi connectivity index (χ2n) is 5.94. The fourth-order valence-electron chi connectivity index (χ4n) is 1.94. The number of allylic oxidation sites excluding steroid dienone is 2. The zero-order valence-corrected chi connectivity index (χ0v) is 11.2. The molecule has 1 rings (SSSR count). The topological polar surface area (TPSA) is 49.3 Å². The standard InChI is InChI=1S/C14H25NO2/c1-14(2,3)12(16)9-10-15-13(17)11-7-5-4-6-8-11/h4-5,11-12,16H,6-10H2,1-3H3,(H,15,17)/t11-,12-/m0/s1. The Kier molecular flexibility index (Phi) is 5.19. The highest BCUT2D eigenvalue weighted by Gasteiger charge is 2.23. The lowest BCUT2D eigenvalue weighted by molar-refractivity contribution is -0.125. The molecule has 0 spiro atoms. The van der Waals surface area contributed by atoms with E-state index in [1.807, 2.05) is 20.8 Å². The zero-order chi connectivity index (χ0) is 12.9. The van der Waals surface area contributed by atoms with Gasteiger partial charge in [0.05, 0.1) is 6.10 Å². The molecule has 3 heteroatoms. The first-order valence-corrected chi connectivity index (χ1v) is 6.52. The summed E-state index contributed by atoms with van der Waals surface area (Å²) in [6.07, 6.45) is 7.28. The Labute approximate surface area is 104 Å². The lowest BCUT2D eigenvalue weighted by Crippen LogP contribution is -2.35. The summed E-state index contributed by atoms with van der Waals surface area (Å²) in [7, 11) is 0. The highest BCUT2D eigenvalue weighted by Crippen LogP contribution is 2.21. The molecule has 0 bridgehead atoms. The predicted octanol–water partition coefficient (Wildman–Crippen LogP) is 2.26. The van der Waals surface area contributed by atoms with E-state index >= 15 is 0 Å². The van der Waals surface area contributed by atoms with Gasteiger partial charge in [-0.15, -0.1) is 0 Å². The summed E-state index contributed by atoms with van der Waals surface area (Å²) >= 11 is 0. The Bertz CT molecular complexity index is 278. The van der Waals surface area contributed by atoms with Crippen LogP contribution in [0.5, 0.6) is 0 Å². The van der Waals surface area contributed by atoms with Crippen molar-refractivity contribution < 1.29 is 9.90 Å². The van der Waals surface area contributed by atoms with Gasteiger partial charge >= 0.3 is 0 Å². The third-order valence-corrected chi connectivity index (χ3v) is 3.36. The predicted molar refractivity (Wildman–Crippen MR) is 69.6 cm³/mol. The monoisotopic (exact) mass is 239 g/mol. The van der Waals surface area contributed by atoms with E-state index in [0.29, 0.717) is 13.0 Å². The summed E-state index contributed by atoms with van der Waals surface area (Å²) in [6, 6.07) is 0. The molecule has 1 aliphatic carbocycles. The van der Waals surface area contributed by atoms with Crippen LogP contribution in [0.2, 0.25) is 0 Å². The summed E-state index contributed by atoms with van der Waals surface area (Å²) in [4.78, 5) is 11.8. The smallest absolute Gasteiger partial charge is 0.223 e. The van der Waals surface area contributed by atoms with Gasteiger partial charge in [-0.05, 0) is 31.1 Å². The highest BCUT2D eigenvalue weighted by molar-refractivity contribution is 5.78. The number of hydrogen-bond acceptors (Lipinski definition) is 2. The molecule has 2 atom stereocenters. The number of aliphatic hydroxyl groups excluding tert-OH is 1. The number of aliphatic hydroxyl groups is 1. The minimum Gasteiger partial charge on any atom is -0.393 e. The number of rotatable bonds is 4. The van der Waals surface area contributed by atoms with Crippen LogP contribution in [-0.4, -0.2) is 23.7 Å². The Hall–Kier alpha value is -0.830. The molecule has 0 aromatic rings. The van der Waals surface area contributed by atoms with E-state index in [1.54, 1.807) is 0 Å². The van der Waals surface area contributed by atoms with Crippen LogP contribution in [-0.2, 0) is 4.79 Å². The van der Waals surface area contributed by atoms with Crippen molar-refractivity contribution in [1.29, 1.82) is 0 Å². The maximum atomic E-state index is 11.8. The van der Waals surface area contributed by atoms with Gasteiger partial charge in [-0.2, -0.15) is 0 Å². The summed E-state index contributed by atoms with van der Waals surface area (Å²) in [6.45, 7) is 6.58. The van der Waals surface area contributed by atoms with Gasteiger partial charge in [0.2, 0.25) is 5.91 Å². The van der Waals surface area contributed by atoms with Gasteiger partial charge in [0.1, 0.15) is 0 Å². The largest absolute Gasteiger partial charge is 0.393 e. The van der Waals surface area contributed by atoms with Crippen LogP contribution in [0.3, 0.4) is 0 Å². The molecule has 0 aliphatic heterocycles. The molecule has 3 nitrogen and oxygen atoms in total. The molecule has 0 fully saturated rings. The molecular formula is C14H25NO2. The second-order valence-corrected chi connectivity index (χ2v) is 5.94. The van der Waals surface area contributed by atoms with Crippen molar-refractivity contribution in [2.45, 2.75) is 52.6 Å². The van der Waals surface area contributed by atoms with Gasteiger partial charge in [0.15, 0.2) is 0 Å². The number of hydrogen-bond donors (Lipinski definition) is 2. The van der Waals surface area contributed by atoms with Crippen molar-refractivity contribution in [3.05, 3.63) is 12.2 Å². The molecule has 0 saturated heterocycles. The zero-order valence-electron chi connectivity index (χ0n) is 11.2. The van der Waals surface area contributed by atoms with E-state index in [2.05, 4.69) is 17.5 Å². The first kappa shape index (κ1) is 14.2. The van der Waals surface area contributed by atoms with E-state index in [9.17, 15) is 9.90 Å². The quantitative estimate of drug-likeness (QED) is 0.739. The van der Waals surface area contributed by atoms with Crippen LogP contribution in [0.25, 0.3) is 0 Å². The van der Waals surface area contributed by atoms with Crippen molar-refractivity contribution in [2.24, 2.45) is 11.3 Å². The average molecular weight is 239 g/mol. The number of carbonyl (C=O) groups excluding carboxylic acids is 1.